The Morgan fingerprint density at radius 3 is 1.93 bits per heavy atom. The number of carboxylic acid groups (broad SMARTS) is 1. The summed E-state index contributed by atoms with van der Waals surface area (Å²) >= 11 is 0. The Morgan fingerprint density at radius 2 is 1.41 bits per heavy atom. The van der Waals surface area contributed by atoms with E-state index in [9.17, 15) is 14.7 Å². The highest BCUT2D eigenvalue weighted by atomic mass is 16.5. The fraction of sp³-hybridized carbons (Fsp3) is 0.840. The maximum absolute atomic E-state index is 12.7. The first-order valence-electron chi connectivity index (χ1n) is 12.1. The summed E-state index contributed by atoms with van der Waals surface area (Å²) in [6, 6.07) is 0. The van der Waals surface area contributed by atoms with Crippen LogP contribution in [0.15, 0.2) is 12.2 Å². The van der Waals surface area contributed by atoms with Crippen molar-refractivity contribution in [3.05, 3.63) is 12.2 Å². The summed E-state index contributed by atoms with van der Waals surface area (Å²) in [5, 5.41) is 9.41. The first-order chi connectivity index (χ1) is 14.0. The second kappa shape index (κ2) is 15.5. The van der Waals surface area contributed by atoms with Crippen LogP contribution < -0.4 is 0 Å². The Hall–Kier alpha value is -1.32. The Morgan fingerprint density at radius 1 is 0.897 bits per heavy atom. The van der Waals surface area contributed by atoms with Crippen molar-refractivity contribution in [2.75, 3.05) is 0 Å². The van der Waals surface area contributed by atoms with Crippen molar-refractivity contribution in [3.63, 3.8) is 0 Å². The lowest BCUT2D eigenvalue weighted by Crippen LogP contribution is -2.36. The first-order valence-corrected chi connectivity index (χ1v) is 12.1. The van der Waals surface area contributed by atoms with Crippen LogP contribution in [0.2, 0.25) is 0 Å². The molecule has 29 heavy (non-hydrogen) atoms. The number of allylic oxidation sites excluding steroid dienone is 2. The normalized spacial score (nSPS) is 20.9. The molecule has 0 aromatic carbocycles. The monoisotopic (exact) mass is 408 g/mol. The topological polar surface area (TPSA) is 63.6 Å². The number of carbonyl (C=O) groups excluding carboxylic acids is 1. The van der Waals surface area contributed by atoms with Crippen molar-refractivity contribution in [1.82, 2.24) is 0 Å². The van der Waals surface area contributed by atoms with Gasteiger partial charge in [-0.15, -0.1) is 0 Å². The molecule has 0 aromatic rings. The van der Waals surface area contributed by atoms with E-state index in [0.29, 0.717) is 18.8 Å². The molecule has 0 bridgehead atoms. The second-order valence-corrected chi connectivity index (χ2v) is 8.83. The summed E-state index contributed by atoms with van der Waals surface area (Å²) < 4.78 is 5.87. The van der Waals surface area contributed by atoms with E-state index in [-0.39, 0.29) is 12.1 Å². The van der Waals surface area contributed by atoms with Crippen LogP contribution in [0.1, 0.15) is 111 Å². The Balaban J connectivity index is 2.34. The molecule has 0 radical (unpaired) electrons. The molecule has 1 aliphatic rings. The minimum absolute atomic E-state index is 0.0955. The molecular formula is C25H44O4. The SMILES string of the molecule is CCCCCCCCCCCCC(OC(=O)C1CC=CCC1C(=O)O)C(C)CC. The van der Waals surface area contributed by atoms with Gasteiger partial charge in [0.05, 0.1) is 11.8 Å². The zero-order valence-corrected chi connectivity index (χ0v) is 19.0. The molecular weight excluding hydrogens is 364 g/mol. The van der Waals surface area contributed by atoms with E-state index in [0.717, 1.165) is 19.3 Å². The van der Waals surface area contributed by atoms with Gasteiger partial charge in [-0.2, -0.15) is 0 Å². The number of aliphatic carboxylic acids is 1. The van der Waals surface area contributed by atoms with Crippen LogP contribution in [-0.2, 0) is 14.3 Å². The van der Waals surface area contributed by atoms with Crippen molar-refractivity contribution in [2.45, 2.75) is 117 Å². The molecule has 0 aliphatic heterocycles. The number of hydrogen-bond donors (Lipinski definition) is 1. The maximum Gasteiger partial charge on any atom is 0.310 e. The van der Waals surface area contributed by atoms with Gasteiger partial charge in [-0.05, 0) is 31.6 Å². The first kappa shape index (κ1) is 25.7. The van der Waals surface area contributed by atoms with Crippen LogP contribution in [-0.4, -0.2) is 23.1 Å². The summed E-state index contributed by atoms with van der Waals surface area (Å²) in [5.74, 6) is -2.11. The fourth-order valence-corrected chi connectivity index (χ4v) is 4.14. The third-order valence-corrected chi connectivity index (χ3v) is 6.44. The summed E-state index contributed by atoms with van der Waals surface area (Å²) in [5.41, 5.74) is 0. The summed E-state index contributed by atoms with van der Waals surface area (Å²) in [7, 11) is 0. The van der Waals surface area contributed by atoms with Crippen LogP contribution in [0.3, 0.4) is 0 Å². The summed E-state index contributed by atoms with van der Waals surface area (Å²) in [6.45, 7) is 6.50. The quantitative estimate of drug-likeness (QED) is 0.171. The zero-order valence-electron chi connectivity index (χ0n) is 19.0. The molecule has 4 nitrogen and oxygen atoms in total. The predicted molar refractivity (Wildman–Crippen MR) is 119 cm³/mol. The highest BCUT2D eigenvalue weighted by Crippen LogP contribution is 2.29. The minimum Gasteiger partial charge on any atom is -0.481 e. The van der Waals surface area contributed by atoms with Gasteiger partial charge in [-0.25, -0.2) is 0 Å². The van der Waals surface area contributed by atoms with Gasteiger partial charge in [0, 0.05) is 0 Å². The van der Waals surface area contributed by atoms with Gasteiger partial charge in [0.25, 0.3) is 0 Å². The Labute approximate surface area is 178 Å². The number of carboxylic acids is 1. The maximum atomic E-state index is 12.7. The molecule has 0 fully saturated rings. The fourth-order valence-electron chi connectivity index (χ4n) is 4.14. The highest BCUT2D eigenvalue weighted by molar-refractivity contribution is 5.81. The van der Waals surface area contributed by atoms with Gasteiger partial charge in [-0.3, -0.25) is 9.59 Å². The Bertz CT molecular complexity index is 485. The van der Waals surface area contributed by atoms with Gasteiger partial charge < -0.3 is 9.84 Å². The minimum atomic E-state index is -0.897. The van der Waals surface area contributed by atoms with Crippen molar-refractivity contribution in [1.29, 1.82) is 0 Å². The van der Waals surface area contributed by atoms with Gasteiger partial charge in [-0.1, -0.05) is 97.1 Å². The van der Waals surface area contributed by atoms with Crippen LogP contribution in [0, 0.1) is 17.8 Å². The van der Waals surface area contributed by atoms with Gasteiger partial charge in [0.1, 0.15) is 6.10 Å². The smallest absolute Gasteiger partial charge is 0.310 e. The Kier molecular flexibility index (Phi) is 13.8. The lowest BCUT2D eigenvalue weighted by atomic mass is 9.83. The summed E-state index contributed by atoms with van der Waals surface area (Å²) in [4.78, 5) is 24.2. The molecule has 0 saturated heterocycles. The molecule has 168 valence electrons. The second-order valence-electron chi connectivity index (χ2n) is 8.83. The average Bonchev–Trinajstić information content (AvgIpc) is 2.73. The van der Waals surface area contributed by atoms with Crippen molar-refractivity contribution in [2.24, 2.45) is 17.8 Å². The molecule has 0 aromatic heterocycles. The van der Waals surface area contributed by atoms with E-state index in [1.165, 1.54) is 57.8 Å². The third kappa shape index (κ3) is 10.3. The lowest BCUT2D eigenvalue weighted by Gasteiger charge is -2.28. The number of hydrogen-bond acceptors (Lipinski definition) is 3. The van der Waals surface area contributed by atoms with Crippen LogP contribution >= 0.6 is 0 Å². The third-order valence-electron chi connectivity index (χ3n) is 6.44. The van der Waals surface area contributed by atoms with E-state index in [2.05, 4.69) is 20.8 Å². The molecule has 0 saturated carbocycles. The zero-order chi connectivity index (χ0) is 21.5. The van der Waals surface area contributed by atoms with E-state index >= 15 is 0 Å². The molecule has 1 aliphatic carbocycles. The average molecular weight is 409 g/mol. The van der Waals surface area contributed by atoms with E-state index in [1.807, 2.05) is 12.2 Å². The molecule has 4 atom stereocenters. The molecule has 1 rings (SSSR count). The number of unbranched alkanes of at least 4 members (excludes halogenated alkanes) is 9. The number of carbonyl (C=O) groups is 2. The molecule has 1 N–H and O–H groups in total. The molecule has 4 heteroatoms. The molecule has 4 unspecified atom stereocenters. The van der Waals surface area contributed by atoms with E-state index in [4.69, 9.17) is 4.74 Å². The van der Waals surface area contributed by atoms with Crippen LogP contribution in [0.25, 0.3) is 0 Å². The van der Waals surface area contributed by atoms with Crippen LogP contribution in [0.4, 0.5) is 0 Å². The van der Waals surface area contributed by atoms with E-state index < -0.39 is 17.8 Å². The predicted octanol–water partition coefficient (Wildman–Crippen LogP) is 6.92. The van der Waals surface area contributed by atoms with E-state index in [1.54, 1.807) is 0 Å². The van der Waals surface area contributed by atoms with Crippen molar-refractivity contribution in [3.8, 4) is 0 Å². The molecule has 0 heterocycles. The standard InChI is InChI=1S/C25H44O4/c1-4-6-7-8-9-10-11-12-13-14-19-23(20(3)5-2)29-25(28)22-18-16-15-17-21(22)24(26)27/h15-16,20-23H,4-14,17-19H2,1-3H3,(H,26,27). The van der Waals surface area contributed by atoms with Gasteiger partial charge in [0.15, 0.2) is 0 Å². The van der Waals surface area contributed by atoms with Gasteiger partial charge in [0.2, 0.25) is 0 Å². The van der Waals surface area contributed by atoms with Crippen LogP contribution in [0.5, 0.6) is 0 Å². The van der Waals surface area contributed by atoms with Crippen molar-refractivity contribution < 1.29 is 19.4 Å². The number of ether oxygens (including phenoxy) is 1. The lowest BCUT2D eigenvalue weighted by molar-refractivity contribution is -0.164. The largest absolute Gasteiger partial charge is 0.481 e. The highest BCUT2D eigenvalue weighted by Gasteiger charge is 2.36. The van der Waals surface area contributed by atoms with Gasteiger partial charge >= 0.3 is 11.9 Å². The summed E-state index contributed by atoms with van der Waals surface area (Å²) in [6.07, 6.45) is 19.3. The van der Waals surface area contributed by atoms with Crippen molar-refractivity contribution >= 4 is 11.9 Å². The molecule has 0 amide bonds. The number of rotatable bonds is 16. The number of esters is 1. The molecule has 0 spiro atoms.